The van der Waals surface area contributed by atoms with E-state index in [0.29, 0.717) is 21.1 Å². The Hall–Kier alpha value is -1.83. The summed E-state index contributed by atoms with van der Waals surface area (Å²) in [5, 5.41) is 0.752. The summed E-state index contributed by atoms with van der Waals surface area (Å²) in [5.74, 6) is 0. The molecule has 1 aromatic carbocycles. The van der Waals surface area contributed by atoms with Gasteiger partial charge in [-0.05, 0) is 49.7 Å². The second kappa shape index (κ2) is 5.67. The number of aryl methyl sites for hydroxylation is 2. The molecule has 8 heteroatoms. The maximum atomic E-state index is 12.4. The van der Waals surface area contributed by atoms with Crippen LogP contribution >= 0.6 is 22.9 Å². The van der Waals surface area contributed by atoms with Crippen molar-refractivity contribution in [2.45, 2.75) is 18.1 Å². The summed E-state index contributed by atoms with van der Waals surface area (Å²) in [6.07, 6.45) is 0. The predicted molar refractivity (Wildman–Crippen MR) is 94.2 cm³/mol. The fraction of sp³-hybridized carbons (Fsp3) is 0.133. The number of aromatic amines is 1. The first-order valence-electron chi connectivity index (χ1n) is 6.69. The highest BCUT2D eigenvalue weighted by Crippen LogP contribution is 2.31. The molecule has 2 heterocycles. The molecule has 0 atom stereocenters. The van der Waals surface area contributed by atoms with E-state index in [9.17, 15) is 13.2 Å². The van der Waals surface area contributed by atoms with Crippen LogP contribution in [0.5, 0.6) is 0 Å². The first kappa shape index (κ1) is 16.0. The number of thiophene rings is 1. The Morgan fingerprint density at radius 1 is 1.13 bits per heavy atom. The van der Waals surface area contributed by atoms with E-state index in [2.05, 4.69) is 9.71 Å². The monoisotopic (exact) mass is 368 g/mol. The number of hydrogen-bond donors (Lipinski definition) is 2. The van der Waals surface area contributed by atoms with Crippen molar-refractivity contribution in [3.05, 3.63) is 56.1 Å². The minimum absolute atomic E-state index is 0.158. The lowest BCUT2D eigenvalue weighted by atomic mass is 10.1. The van der Waals surface area contributed by atoms with Crippen LogP contribution in [0.1, 0.15) is 11.1 Å². The Morgan fingerprint density at radius 2 is 1.87 bits per heavy atom. The van der Waals surface area contributed by atoms with Crippen LogP contribution in [-0.4, -0.2) is 13.4 Å². The van der Waals surface area contributed by atoms with Crippen LogP contribution in [0.3, 0.4) is 0 Å². The second-order valence-corrected chi connectivity index (χ2v) is 8.77. The van der Waals surface area contributed by atoms with Crippen LogP contribution in [0.4, 0.5) is 5.69 Å². The largest absolute Gasteiger partial charge is 0.322 e. The Kier molecular flexibility index (Phi) is 3.95. The third-order valence-corrected chi connectivity index (χ3v) is 6.79. The molecule has 2 N–H and O–H groups in total. The van der Waals surface area contributed by atoms with Crippen LogP contribution in [0.25, 0.3) is 10.9 Å². The number of anilines is 1. The molecular formula is C15H13ClN2O3S2. The molecule has 0 aliphatic heterocycles. The second-order valence-electron chi connectivity index (χ2n) is 5.21. The number of benzene rings is 1. The van der Waals surface area contributed by atoms with Crippen LogP contribution in [-0.2, 0) is 10.0 Å². The zero-order chi connectivity index (χ0) is 16.8. The standard InChI is InChI=1S/C15H13ClN2O3S2/c1-8-6-13(22-14(8)16)23(20,21)18-11-3-4-12-10(7-11)5-9(2)15(19)17-12/h3-7,18H,1-2H3,(H,17,19). The zero-order valence-corrected chi connectivity index (χ0v) is 14.7. The number of sulfonamides is 1. The van der Waals surface area contributed by atoms with Crippen molar-refractivity contribution in [2.75, 3.05) is 4.72 Å². The molecule has 0 aliphatic rings. The van der Waals surface area contributed by atoms with E-state index < -0.39 is 10.0 Å². The molecule has 0 amide bonds. The lowest BCUT2D eigenvalue weighted by Crippen LogP contribution is -2.12. The Balaban J connectivity index is 2.00. The average Bonchev–Trinajstić information content (AvgIpc) is 2.81. The number of fused-ring (bicyclic) bond motifs is 1. The van der Waals surface area contributed by atoms with E-state index in [1.807, 2.05) is 0 Å². The van der Waals surface area contributed by atoms with Crippen molar-refractivity contribution in [3.8, 4) is 0 Å². The van der Waals surface area contributed by atoms with Gasteiger partial charge in [0.25, 0.3) is 15.6 Å². The summed E-state index contributed by atoms with van der Waals surface area (Å²) in [7, 11) is -3.69. The number of nitrogens with one attached hydrogen (secondary N) is 2. The van der Waals surface area contributed by atoms with Gasteiger partial charge in [-0.2, -0.15) is 0 Å². The van der Waals surface area contributed by atoms with Gasteiger partial charge >= 0.3 is 0 Å². The topological polar surface area (TPSA) is 79.0 Å². The van der Waals surface area contributed by atoms with E-state index in [0.717, 1.165) is 22.3 Å². The molecule has 0 aliphatic carbocycles. The molecule has 23 heavy (non-hydrogen) atoms. The van der Waals surface area contributed by atoms with Crippen molar-refractivity contribution in [1.29, 1.82) is 0 Å². The van der Waals surface area contributed by atoms with Gasteiger partial charge in [-0.3, -0.25) is 9.52 Å². The van der Waals surface area contributed by atoms with Gasteiger partial charge < -0.3 is 4.98 Å². The number of hydrogen-bond acceptors (Lipinski definition) is 4. The van der Waals surface area contributed by atoms with Crippen molar-refractivity contribution >= 4 is 49.6 Å². The van der Waals surface area contributed by atoms with E-state index >= 15 is 0 Å². The smallest absolute Gasteiger partial charge is 0.271 e. The van der Waals surface area contributed by atoms with Gasteiger partial charge in [0.05, 0.1) is 4.34 Å². The summed E-state index contributed by atoms with van der Waals surface area (Å²) in [4.78, 5) is 14.3. The van der Waals surface area contributed by atoms with Crippen molar-refractivity contribution < 1.29 is 8.42 Å². The molecular weight excluding hydrogens is 356 g/mol. The Morgan fingerprint density at radius 3 is 2.52 bits per heavy atom. The molecule has 0 spiro atoms. The predicted octanol–water partition coefficient (Wildman–Crippen LogP) is 3.66. The molecule has 3 aromatic rings. The maximum absolute atomic E-state index is 12.4. The molecule has 0 saturated carbocycles. The summed E-state index contributed by atoms with van der Waals surface area (Å²) in [6, 6.07) is 8.21. The summed E-state index contributed by atoms with van der Waals surface area (Å²) in [6.45, 7) is 3.46. The van der Waals surface area contributed by atoms with Crippen LogP contribution in [0.2, 0.25) is 4.34 Å². The minimum Gasteiger partial charge on any atom is -0.322 e. The van der Waals surface area contributed by atoms with Gasteiger partial charge in [0.2, 0.25) is 0 Å². The molecule has 0 radical (unpaired) electrons. The first-order chi connectivity index (χ1) is 10.8. The quantitative estimate of drug-likeness (QED) is 0.740. The minimum atomic E-state index is -3.69. The SMILES string of the molecule is Cc1cc(S(=O)(=O)Nc2ccc3[nH]c(=O)c(C)cc3c2)sc1Cl. The molecule has 3 rings (SSSR count). The fourth-order valence-corrected chi connectivity index (χ4v) is 4.91. The highest BCUT2D eigenvalue weighted by atomic mass is 35.5. The number of H-pyrrole nitrogens is 1. The van der Waals surface area contributed by atoms with Gasteiger partial charge in [0.1, 0.15) is 4.21 Å². The number of rotatable bonds is 3. The Labute approximate surface area is 142 Å². The fourth-order valence-electron chi connectivity index (χ4n) is 2.15. The van der Waals surface area contributed by atoms with Crippen molar-refractivity contribution in [3.63, 3.8) is 0 Å². The van der Waals surface area contributed by atoms with Gasteiger partial charge in [-0.1, -0.05) is 11.6 Å². The van der Waals surface area contributed by atoms with Gasteiger partial charge in [-0.15, -0.1) is 11.3 Å². The van der Waals surface area contributed by atoms with Crippen LogP contribution in [0, 0.1) is 13.8 Å². The highest BCUT2D eigenvalue weighted by molar-refractivity contribution is 7.94. The summed E-state index contributed by atoms with van der Waals surface area (Å²) < 4.78 is 28.0. The van der Waals surface area contributed by atoms with Gasteiger partial charge in [-0.25, -0.2) is 8.42 Å². The molecule has 0 saturated heterocycles. The van der Waals surface area contributed by atoms with Gasteiger partial charge in [0.15, 0.2) is 0 Å². The normalized spacial score (nSPS) is 11.8. The number of pyridine rings is 1. The van der Waals surface area contributed by atoms with E-state index in [1.165, 1.54) is 6.07 Å². The molecule has 0 bridgehead atoms. The average molecular weight is 369 g/mol. The van der Waals surface area contributed by atoms with Crippen molar-refractivity contribution in [2.24, 2.45) is 0 Å². The third kappa shape index (κ3) is 3.12. The molecule has 2 aromatic heterocycles. The molecule has 120 valence electrons. The van der Waals surface area contributed by atoms with E-state index in [4.69, 9.17) is 11.6 Å². The van der Waals surface area contributed by atoms with Crippen molar-refractivity contribution in [1.82, 2.24) is 4.98 Å². The molecule has 0 unspecified atom stereocenters. The highest BCUT2D eigenvalue weighted by Gasteiger charge is 2.18. The van der Waals surface area contributed by atoms with E-state index in [1.54, 1.807) is 38.1 Å². The molecule has 0 fully saturated rings. The summed E-state index contributed by atoms with van der Waals surface area (Å²) in [5.41, 5.74) is 2.21. The van der Waals surface area contributed by atoms with E-state index in [-0.39, 0.29) is 9.77 Å². The number of halogens is 1. The third-order valence-electron chi connectivity index (χ3n) is 3.38. The number of aromatic nitrogens is 1. The first-order valence-corrected chi connectivity index (χ1v) is 9.36. The maximum Gasteiger partial charge on any atom is 0.271 e. The van der Waals surface area contributed by atoms with Gasteiger partial charge in [0, 0.05) is 22.2 Å². The lowest BCUT2D eigenvalue weighted by molar-refractivity contribution is 0.603. The Bertz CT molecular complexity index is 1050. The van der Waals surface area contributed by atoms with Crippen LogP contribution in [0.15, 0.2) is 39.3 Å². The summed E-state index contributed by atoms with van der Waals surface area (Å²) >= 11 is 6.96. The lowest BCUT2D eigenvalue weighted by Gasteiger charge is -2.07. The van der Waals surface area contributed by atoms with Crippen LogP contribution < -0.4 is 10.3 Å². The zero-order valence-electron chi connectivity index (χ0n) is 12.3. The molecule has 5 nitrogen and oxygen atoms in total.